The summed E-state index contributed by atoms with van der Waals surface area (Å²) in [6, 6.07) is 15.1. The van der Waals surface area contributed by atoms with Gasteiger partial charge in [0.25, 0.3) is 10.0 Å². The number of hydrogen-bond acceptors (Lipinski definition) is 3. The Bertz CT molecular complexity index is 1350. The Labute approximate surface area is 198 Å². The minimum absolute atomic E-state index is 0.0294. The van der Waals surface area contributed by atoms with E-state index in [4.69, 9.17) is 11.6 Å². The molecule has 33 heavy (non-hydrogen) atoms. The van der Waals surface area contributed by atoms with Crippen molar-refractivity contribution in [1.82, 2.24) is 0 Å². The number of nitrogens with one attached hydrogen (secondary N) is 2. The van der Waals surface area contributed by atoms with Gasteiger partial charge in [0.1, 0.15) is 5.82 Å². The summed E-state index contributed by atoms with van der Waals surface area (Å²) < 4.78 is 43.7. The largest absolute Gasteiger partial charge is 0.378 e. The molecule has 3 aromatic rings. The highest BCUT2D eigenvalue weighted by Gasteiger charge is 2.40. The summed E-state index contributed by atoms with van der Waals surface area (Å²) >= 11 is 6.38. The van der Waals surface area contributed by atoms with Crippen LogP contribution < -0.4 is 10.0 Å². The quantitative estimate of drug-likeness (QED) is 0.405. The van der Waals surface area contributed by atoms with E-state index in [0.29, 0.717) is 16.3 Å². The summed E-state index contributed by atoms with van der Waals surface area (Å²) in [6.45, 7) is 3.86. The van der Waals surface area contributed by atoms with Gasteiger partial charge in [0.15, 0.2) is 0 Å². The normalized spacial score (nSPS) is 21.3. The van der Waals surface area contributed by atoms with Crippen LogP contribution in [0.5, 0.6) is 0 Å². The minimum atomic E-state index is -3.77. The van der Waals surface area contributed by atoms with Gasteiger partial charge in [-0.15, -0.1) is 0 Å². The third-order valence-corrected chi connectivity index (χ3v) is 8.14. The Morgan fingerprint density at radius 3 is 2.55 bits per heavy atom. The highest BCUT2D eigenvalue weighted by Crippen LogP contribution is 2.51. The zero-order valence-corrected chi connectivity index (χ0v) is 19.8. The summed E-state index contributed by atoms with van der Waals surface area (Å²) in [7, 11) is -3.77. The Kier molecular flexibility index (Phi) is 5.46. The monoisotopic (exact) mass is 482 g/mol. The first-order chi connectivity index (χ1) is 15.7. The Morgan fingerprint density at radius 1 is 1.06 bits per heavy atom. The zero-order chi connectivity index (χ0) is 23.3. The van der Waals surface area contributed by atoms with E-state index in [9.17, 15) is 12.8 Å². The smallest absolute Gasteiger partial charge is 0.261 e. The summed E-state index contributed by atoms with van der Waals surface area (Å²) in [5.74, 6) is -0.332. The van der Waals surface area contributed by atoms with E-state index in [1.165, 1.54) is 6.07 Å². The molecule has 1 aliphatic heterocycles. The number of halogens is 2. The lowest BCUT2D eigenvalue weighted by Crippen LogP contribution is -2.30. The Morgan fingerprint density at radius 2 is 1.82 bits per heavy atom. The summed E-state index contributed by atoms with van der Waals surface area (Å²) in [6.07, 6.45) is 4.91. The van der Waals surface area contributed by atoms with Crippen LogP contribution in [0, 0.1) is 25.6 Å². The molecule has 5 rings (SSSR count). The second kappa shape index (κ2) is 8.19. The topological polar surface area (TPSA) is 58.2 Å². The van der Waals surface area contributed by atoms with Gasteiger partial charge in [-0.25, -0.2) is 12.8 Å². The van der Waals surface area contributed by atoms with E-state index in [1.54, 1.807) is 30.3 Å². The molecule has 0 amide bonds. The first-order valence-corrected chi connectivity index (χ1v) is 12.7. The molecule has 3 aromatic carbocycles. The van der Waals surface area contributed by atoms with Gasteiger partial charge >= 0.3 is 0 Å². The van der Waals surface area contributed by atoms with Gasteiger partial charge in [-0.2, -0.15) is 0 Å². The number of benzene rings is 3. The van der Waals surface area contributed by atoms with Crippen LogP contribution in [0.4, 0.5) is 15.8 Å². The molecule has 3 atom stereocenters. The molecule has 0 fully saturated rings. The van der Waals surface area contributed by atoms with E-state index in [0.717, 1.165) is 28.8 Å². The van der Waals surface area contributed by atoms with Gasteiger partial charge in [0.05, 0.1) is 10.9 Å². The van der Waals surface area contributed by atoms with E-state index in [2.05, 4.69) is 22.2 Å². The van der Waals surface area contributed by atoms with Crippen LogP contribution in [0.25, 0.3) is 0 Å². The standard InChI is InChI=1S/C26H24ClFN2O2S/c1-15-11-16(2)13-17(12-15)30-33(31,32)18-9-10-24-21(14-18)19-5-3-6-20(19)26(29-24)25-22(27)7-4-8-23(25)28/h3-5,7-14,19-20,26,29-30H,6H2,1-2H3/t19-,20+,26-/m0/s1. The van der Waals surface area contributed by atoms with Gasteiger partial charge in [-0.3, -0.25) is 4.72 Å². The number of hydrogen-bond donors (Lipinski definition) is 2. The molecule has 7 heteroatoms. The molecule has 0 radical (unpaired) electrons. The van der Waals surface area contributed by atoms with Crippen LogP contribution in [0.3, 0.4) is 0 Å². The Hall–Kier alpha value is -2.83. The minimum Gasteiger partial charge on any atom is -0.378 e. The van der Waals surface area contributed by atoms with Crippen LogP contribution in [-0.4, -0.2) is 8.42 Å². The van der Waals surface area contributed by atoms with Crippen LogP contribution in [0.15, 0.2) is 71.6 Å². The molecule has 1 aliphatic carbocycles. The number of fused-ring (bicyclic) bond motifs is 3. The SMILES string of the molecule is Cc1cc(C)cc(NS(=O)(=O)c2ccc3c(c2)[C@H]2C=CC[C@H]2[C@@H](c2c(F)cccc2Cl)N3)c1. The van der Waals surface area contributed by atoms with Gasteiger partial charge in [-0.05, 0) is 85.3 Å². The second-order valence-corrected chi connectivity index (χ2v) is 10.9. The Balaban J connectivity index is 1.52. The number of allylic oxidation sites excluding steroid dienone is 2. The lowest BCUT2D eigenvalue weighted by molar-refractivity contribution is 0.413. The summed E-state index contributed by atoms with van der Waals surface area (Å²) in [5, 5.41) is 3.82. The molecule has 1 heterocycles. The number of rotatable bonds is 4. The zero-order valence-electron chi connectivity index (χ0n) is 18.3. The average molecular weight is 483 g/mol. The van der Waals surface area contributed by atoms with Gasteiger partial charge in [0, 0.05) is 27.9 Å². The maximum Gasteiger partial charge on any atom is 0.261 e. The highest BCUT2D eigenvalue weighted by molar-refractivity contribution is 7.92. The lowest BCUT2D eigenvalue weighted by atomic mass is 9.77. The van der Waals surface area contributed by atoms with E-state index in [1.807, 2.05) is 32.0 Å². The highest BCUT2D eigenvalue weighted by atomic mass is 35.5. The van der Waals surface area contributed by atoms with Crippen molar-refractivity contribution < 1.29 is 12.8 Å². The molecular weight excluding hydrogens is 459 g/mol. The molecule has 170 valence electrons. The number of aryl methyl sites for hydroxylation is 2. The van der Waals surface area contributed by atoms with Crippen molar-refractivity contribution in [3.8, 4) is 0 Å². The molecule has 2 aliphatic rings. The molecule has 0 aromatic heterocycles. The first-order valence-electron chi connectivity index (χ1n) is 10.8. The molecule has 0 saturated carbocycles. The summed E-state index contributed by atoms with van der Waals surface area (Å²) in [5.41, 5.74) is 4.64. The van der Waals surface area contributed by atoms with Crippen molar-refractivity contribution in [2.24, 2.45) is 5.92 Å². The molecule has 0 bridgehead atoms. The van der Waals surface area contributed by atoms with Crippen molar-refractivity contribution in [2.45, 2.75) is 37.1 Å². The fourth-order valence-electron chi connectivity index (χ4n) is 5.08. The predicted octanol–water partition coefficient (Wildman–Crippen LogP) is 6.72. The molecule has 0 spiro atoms. The molecule has 2 N–H and O–H groups in total. The van der Waals surface area contributed by atoms with Crippen molar-refractivity contribution in [1.29, 1.82) is 0 Å². The first kappa shape index (κ1) is 22.0. The fourth-order valence-corrected chi connectivity index (χ4v) is 6.44. The van der Waals surface area contributed by atoms with Crippen molar-refractivity contribution in [3.05, 3.63) is 99.8 Å². The second-order valence-electron chi connectivity index (χ2n) is 8.84. The fraction of sp³-hybridized carbons (Fsp3) is 0.231. The number of sulfonamides is 1. The van der Waals surface area contributed by atoms with E-state index >= 15 is 0 Å². The third-order valence-electron chi connectivity index (χ3n) is 6.43. The van der Waals surface area contributed by atoms with E-state index < -0.39 is 10.0 Å². The predicted molar refractivity (Wildman–Crippen MR) is 131 cm³/mol. The van der Waals surface area contributed by atoms with Crippen LogP contribution in [-0.2, 0) is 10.0 Å². The molecular formula is C26H24ClFN2O2S. The van der Waals surface area contributed by atoms with Crippen LogP contribution in [0.2, 0.25) is 5.02 Å². The maximum absolute atomic E-state index is 14.7. The van der Waals surface area contributed by atoms with Crippen molar-refractivity contribution in [3.63, 3.8) is 0 Å². The van der Waals surface area contributed by atoms with Gasteiger partial charge < -0.3 is 5.32 Å². The molecule has 0 unspecified atom stereocenters. The lowest BCUT2D eigenvalue weighted by Gasteiger charge is -2.38. The number of anilines is 2. The van der Waals surface area contributed by atoms with Crippen LogP contribution in [0.1, 0.15) is 40.6 Å². The third kappa shape index (κ3) is 4.02. The van der Waals surface area contributed by atoms with Crippen LogP contribution >= 0.6 is 11.6 Å². The van der Waals surface area contributed by atoms with Gasteiger partial charge in [-0.1, -0.05) is 35.9 Å². The maximum atomic E-state index is 14.7. The molecule has 0 saturated heterocycles. The molecule has 4 nitrogen and oxygen atoms in total. The average Bonchev–Trinajstić information content (AvgIpc) is 3.22. The summed E-state index contributed by atoms with van der Waals surface area (Å²) in [4.78, 5) is 0.198. The van der Waals surface area contributed by atoms with Gasteiger partial charge in [0.2, 0.25) is 0 Å². The van der Waals surface area contributed by atoms with Crippen molar-refractivity contribution >= 4 is 33.0 Å². The van der Waals surface area contributed by atoms with E-state index in [-0.39, 0.29) is 28.6 Å². The van der Waals surface area contributed by atoms with Crippen molar-refractivity contribution in [2.75, 3.05) is 10.0 Å².